The first-order valence-electron chi connectivity index (χ1n) is 7.82. The van der Waals surface area contributed by atoms with Gasteiger partial charge in [0.25, 0.3) is 0 Å². The lowest BCUT2D eigenvalue weighted by atomic mass is 9.89. The molecule has 2 N–H and O–H groups in total. The van der Waals surface area contributed by atoms with Gasteiger partial charge < -0.3 is 15.4 Å². The summed E-state index contributed by atoms with van der Waals surface area (Å²) in [5.74, 6) is 2.17. The molecule has 0 bridgehead atoms. The topological polar surface area (TPSA) is 45.7 Å². The lowest BCUT2D eigenvalue weighted by Crippen LogP contribution is -2.53. The smallest absolute Gasteiger partial charge is 0.191 e. The van der Waals surface area contributed by atoms with E-state index in [-0.39, 0.29) is 29.4 Å². The molecule has 21 heavy (non-hydrogen) atoms. The molecule has 2 rings (SSSR count). The average molecular weight is 427 g/mol. The first-order chi connectivity index (χ1) is 9.65. The molecule has 1 heterocycles. The van der Waals surface area contributed by atoms with Gasteiger partial charge in [0, 0.05) is 30.3 Å². The van der Waals surface area contributed by atoms with E-state index in [1.807, 2.05) is 7.05 Å². The molecule has 2 atom stereocenters. The summed E-state index contributed by atoms with van der Waals surface area (Å²) in [6.45, 7) is 7.16. The third-order valence-corrected chi connectivity index (χ3v) is 5.41. The van der Waals surface area contributed by atoms with E-state index >= 15 is 0 Å². The predicted molar refractivity (Wildman–Crippen MR) is 103 cm³/mol. The highest BCUT2D eigenvalue weighted by Gasteiger charge is 2.33. The molecule has 4 nitrogen and oxygen atoms in total. The molecule has 1 saturated carbocycles. The number of hydrogen-bond acceptors (Lipinski definition) is 3. The van der Waals surface area contributed by atoms with Crippen molar-refractivity contribution in [1.82, 2.24) is 10.6 Å². The van der Waals surface area contributed by atoms with Crippen molar-refractivity contribution in [2.24, 2.45) is 10.4 Å². The van der Waals surface area contributed by atoms with Crippen molar-refractivity contribution in [3.8, 4) is 0 Å². The third kappa shape index (κ3) is 6.14. The van der Waals surface area contributed by atoms with Crippen molar-refractivity contribution in [2.75, 3.05) is 32.6 Å². The van der Waals surface area contributed by atoms with Crippen LogP contribution in [0.25, 0.3) is 0 Å². The van der Waals surface area contributed by atoms with E-state index in [1.165, 1.54) is 31.4 Å². The summed E-state index contributed by atoms with van der Waals surface area (Å²) in [5.41, 5.74) is 0.283. The number of halogens is 1. The van der Waals surface area contributed by atoms with Crippen LogP contribution in [0.3, 0.4) is 0 Å². The Hall–Kier alpha value is 0.310. The van der Waals surface area contributed by atoms with Crippen LogP contribution in [-0.4, -0.2) is 49.8 Å². The molecule has 0 spiro atoms. The largest absolute Gasteiger partial charge is 0.380 e. The van der Waals surface area contributed by atoms with Crippen LogP contribution < -0.4 is 10.6 Å². The second-order valence-corrected chi connectivity index (χ2v) is 7.89. The molecule has 2 aliphatic rings. The molecule has 0 radical (unpaired) electrons. The average Bonchev–Trinajstić information content (AvgIpc) is 2.42. The van der Waals surface area contributed by atoms with E-state index in [0.29, 0.717) is 6.04 Å². The predicted octanol–water partition coefficient (Wildman–Crippen LogP) is 2.87. The van der Waals surface area contributed by atoms with Crippen LogP contribution in [0.2, 0.25) is 0 Å². The van der Waals surface area contributed by atoms with E-state index in [0.717, 1.165) is 31.0 Å². The fourth-order valence-electron chi connectivity index (χ4n) is 2.90. The highest BCUT2D eigenvalue weighted by atomic mass is 127. The molecule has 0 aromatic rings. The van der Waals surface area contributed by atoms with E-state index < -0.39 is 0 Å². The molecule has 0 amide bonds. The molecule has 2 unspecified atom stereocenters. The molecular formula is C15H30IN3OS. The van der Waals surface area contributed by atoms with Gasteiger partial charge in [-0.05, 0) is 25.0 Å². The third-order valence-electron chi connectivity index (χ3n) is 4.18. The Labute approximate surface area is 150 Å². The van der Waals surface area contributed by atoms with Crippen molar-refractivity contribution >= 4 is 41.7 Å². The Morgan fingerprint density at radius 2 is 2.14 bits per heavy atom. The quantitative estimate of drug-likeness (QED) is 0.403. The normalized spacial score (nSPS) is 28.2. The molecular weight excluding hydrogens is 397 g/mol. The molecule has 0 aromatic carbocycles. The number of guanidine groups is 1. The minimum atomic E-state index is 0. The summed E-state index contributed by atoms with van der Waals surface area (Å²) >= 11 is 2.10. The molecule has 2 fully saturated rings. The van der Waals surface area contributed by atoms with Crippen molar-refractivity contribution in [3.63, 3.8) is 0 Å². The molecule has 6 heteroatoms. The van der Waals surface area contributed by atoms with Crippen LogP contribution in [0.5, 0.6) is 0 Å². The number of thioether (sulfide) groups is 1. The SMILES string of the molecule is CCSC1CCCC(NC(=NC)NCC2(C)COC2)C1.I. The van der Waals surface area contributed by atoms with Gasteiger partial charge in [-0.2, -0.15) is 11.8 Å². The van der Waals surface area contributed by atoms with Crippen LogP contribution in [0.4, 0.5) is 0 Å². The number of rotatable bonds is 5. The molecule has 0 aromatic heterocycles. The lowest BCUT2D eigenvalue weighted by Gasteiger charge is -2.38. The zero-order valence-electron chi connectivity index (χ0n) is 13.5. The number of hydrogen-bond donors (Lipinski definition) is 2. The first-order valence-corrected chi connectivity index (χ1v) is 8.86. The van der Waals surface area contributed by atoms with Crippen LogP contribution in [-0.2, 0) is 4.74 Å². The van der Waals surface area contributed by atoms with E-state index in [2.05, 4.69) is 41.2 Å². The summed E-state index contributed by atoms with van der Waals surface area (Å²) in [6, 6.07) is 0.574. The number of ether oxygens (including phenoxy) is 1. The Bertz CT molecular complexity index is 335. The highest BCUT2D eigenvalue weighted by molar-refractivity contribution is 14.0. The zero-order valence-corrected chi connectivity index (χ0v) is 16.6. The molecule has 1 aliphatic heterocycles. The van der Waals surface area contributed by atoms with Crippen LogP contribution in [0.1, 0.15) is 39.5 Å². The Morgan fingerprint density at radius 1 is 1.38 bits per heavy atom. The number of nitrogens with zero attached hydrogens (tertiary/aromatic N) is 1. The summed E-state index contributed by atoms with van der Waals surface area (Å²) in [4.78, 5) is 4.36. The minimum absolute atomic E-state index is 0. The van der Waals surface area contributed by atoms with Gasteiger partial charge in [0.15, 0.2) is 5.96 Å². The van der Waals surface area contributed by atoms with Crippen molar-refractivity contribution < 1.29 is 4.74 Å². The summed E-state index contributed by atoms with van der Waals surface area (Å²) in [6.07, 6.45) is 5.23. The fourth-order valence-corrected chi connectivity index (χ4v) is 4.07. The highest BCUT2D eigenvalue weighted by Crippen LogP contribution is 2.28. The second-order valence-electron chi connectivity index (χ2n) is 6.31. The van der Waals surface area contributed by atoms with Gasteiger partial charge in [0.05, 0.1) is 13.2 Å². The van der Waals surface area contributed by atoms with Gasteiger partial charge in [-0.3, -0.25) is 4.99 Å². The maximum absolute atomic E-state index is 5.29. The fraction of sp³-hybridized carbons (Fsp3) is 0.933. The first kappa shape index (κ1) is 19.4. The number of nitrogens with one attached hydrogen (secondary N) is 2. The van der Waals surface area contributed by atoms with Crippen molar-refractivity contribution in [3.05, 3.63) is 0 Å². The number of aliphatic imine (C=N–C) groups is 1. The Morgan fingerprint density at radius 3 is 2.71 bits per heavy atom. The lowest BCUT2D eigenvalue weighted by molar-refractivity contribution is -0.0971. The Kier molecular flexibility index (Phi) is 8.71. The second kappa shape index (κ2) is 9.45. The standard InChI is InChI=1S/C15H29N3OS.HI/c1-4-20-13-7-5-6-12(8-13)18-14(16-3)17-9-15(2)10-19-11-15;/h12-13H,4-11H2,1-3H3,(H2,16,17,18);1H. The van der Waals surface area contributed by atoms with Gasteiger partial charge >= 0.3 is 0 Å². The van der Waals surface area contributed by atoms with Gasteiger partial charge in [-0.25, -0.2) is 0 Å². The molecule has 1 saturated heterocycles. The minimum Gasteiger partial charge on any atom is -0.380 e. The zero-order chi connectivity index (χ0) is 14.4. The summed E-state index contributed by atoms with van der Waals surface area (Å²) < 4.78 is 5.29. The van der Waals surface area contributed by atoms with E-state index in [9.17, 15) is 0 Å². The van der Waals surface area contributed by atoms with Crippen LogP contribution in [0, 0.1) is 5.41 Å². The maximum atomic E-state index is 5.29. The van der Waals surface area contributed by atoms with E-state index in [1.54, 1.807) is 0 Å². The van der Waals surface area contributed by atoms with Gasteiger partial charge in [-0.15, -0.1) is 24.0 Å². The van der Waals surface area contributed by atoms with Crippen molar-refractivity contribution in [1.29, 1.82) is 0 Å². The van der Waals surface area contributed by atoms with Crippen LogP contribution >= 0.6 is 35.7 Å². The van der Waals surface area contributed by atoms with Gasteiger partial charge in [0.2, 0.25) is 0 Å². The van der Waals surface area contributed by atoms with Gasteiger partial charge in [-0.1, -0.05) is 20.3 Å². The molecule has 1 aliphatic carbocycles. The van der Waals surface area contributed by atoms with Gasteiger partial charge in [0.1, 0.15) is 0 Å². The molecule has 124 valence electrons. The monoisotopic (exact) mass is 427 g/mol. The Balaban J connectivity index is 0.00000220. The van der Waals surface area contributed by atoms with Crippen LogP contribution in [0.15, 0.2) is 4.99 Å². The summed E-state index contributed by atoms with van der Waals surface area (Å²) in [5, 5.41) is 7.88. The maximum Gasteiger partial charge on any atom is 0.191 e. The van der Waals surface area contributed by atoms with E-state index in [4.69, 9.17) is 4.74 Å². The summed E-state index contributed by atoms with van der Waals surface area (Å²) in [7, 11) is 1.86. The van der Waals surface area contributed by atoms with Crippen molar-refractivity contribution in [2.45, 2.75) is 50.8 Å².